The highest BCUT2D eigenvalue weighted by Crippen LogP contribution is 2.42. The first kappa shape index (κ1) is 22.0. The van der Waals surface area contributed by atoms with Gasteiger partial charge in [-0.25, -0.2) is 0 Å². The number of rotatable bonds is 12. The third-order valence-corrected chi connectivity index (χ3v) is 7.47. The Kier molecular flexibility index (Phi) is 11.7. The van der Waals surface area contributed by atoms with E-state index < -0.39 is 0 Å². The van der Waals surface area contributed by atoms with Gasteiger partial charge in [-0.1, -0.05) is 90.2 Å². The van der Waals surface area contributed by atoms with Crippen LogP contribution in [0.15, 0.2) is 12.2 Å². The molecule has 0 aromatic rings. The van der Waals surface area contributed by atoms with Crippen molar-refractivity contribution in [2.75, 3.05) is 0 Å². The van der Waals surface area contributed by atoms with Crippen LogP contribution in [0.5, 0.6) is 0 Å². The fraction of sp³-hybridized carbons (Fsp3) is 0.923. The molecule has 0 spiro atoms. The van der Waals surface area contributed by atoms with Crippen molar-refractivity contribution in [3.63, 3.8) is 0 Å². The first-order chi connectivity index (χ1) is 12.8. The zero-order chi connectivity index (χ0) is 18.5. The van der Waals surface area contributed by atoms with Crippen LogP contribution in [-0.4, -0.2) is 0 Å². The Morgan fingerprint density at radius 2 is 1.19 bits per heavy atom. The van der Waals surface area contributed by atoms with Crippen molar-refractivity contribution in [3.05, 3.63) is 12.2 Å². The van der Waals surface area contributed by atoms with Gasteiger partial charge >= 0.3 is 0 Å². The Labute approximate surface area is 165 Å². The van der Waals surface area contributed by atoms with Gasteiger partial charge in [0.1, 0.15) is 0 Å². The van der Waals surface area contributed by atoms with Gasteiger partial charge in [-0.3, -0.25) is 0 Å². The Morgan fingerprint density at radius 1 is 0.615 bits per heavy atom. The molecule has 0 N–H and O–H groups in total. The average molecular weight is 361 g/mol. The molecule has 0 aliphatic heterocycles. The van der Waals surface area contributed by atoms with Crippen LogP contribution >= 0.6 is 0 Å². The van der Waals surface area contributed by atoms with Crippen molar-refractivity contribution < 1.29 is 0 Å². The van der Waals surface area contributed by atoms with Gasteiger partial charge in [-0.05, 0) is 75.0 Å². The molecule has 26 heavy (non-hydrogen) atoms. The Morgan fingerprint density at radius 3 is 1.85 bits per heavy atom. The van der Waals surface area contributed by atoms with Crippen molar-refractivity contribution in [2.45, 2.75) is 129 Å². The standard InChI is InChI=1S/C26H48/c1-3-5-7-9-11-13-23-15-19-25(20-16-23)26-21-17-24(18-22-26)14-12-10-8-6-4-2/h11,13,23-26H,3-10,12,14-22H2,1-2H3/b13-11+. The van der Waals surface area contributed by atoms with E-state index in [1.165, 1.54) is 89.9 Å². The Hall–Kier alpha value is -0.260. The molecule has 2 saturated carbocycles. The summed E-state index contributed by atoms with van der Waals surface area (Å²) in [4.78, 5) is 0. The number of allylic oxidation sites excluding steroid dienone is 2. The summed E-state index contributed by atoms with van der Waals surface area (Å²) >= 11 is 0. The molecule has 0 atom stereocenters. The lowest BCUT2D eigenvalue weighted by molar-refractivity contribution is 0.151. The van der Waals surface area contributed by atoms with E-state index in [-0.39, 0.29) is 0 Å². The first-order valence-electron chi connectivity index (χ1n) is 12.5. The van der Waals surface area contributed by atoms with Crippen molar-refractivity contribution in [1.82, 2.24) is 0 Å². The summed E-state index contributed by atoms with van der Waals surface area (Å²) in [5.41, 5.74) is 0. The molecule has 2 aliphatic rings. The third kappa shape index (κ3) is 8.62. The van der Waals surface area contributed by atoms with E-state index in [0.29, 0.717) is 0 Å². The predicted octanol–water partition coefficient (Wildman–Crippen LogP) is 9.10. The molecule has 152 valence electrons. The average Bonchev–Trinajstić information content (AvgIpc) is 2.69. The summed E-state index contributed by atoms with van der Waals surface area (Å²) in [7, 11) is 0. The molecule has 0 aromatic carbocycles. The largest absolute Gasteiger partial charge is 0.0883 e. The second-order valence-electron chi connectivity index (χ2n) is 9.58. The Balaban J connectivity index is 1.54. The summed E-state index contributed by atoms with van der Waals surface area (Å²) < 4.78 is 0. The molecule has 0 amide bonds. The molecule has 0 heteroatoms. The van der Waals surface area contributed by atoms with Gasteiger partial charge in [-0.15, -0.1) is 0 Å². The lowest BCUT2D eigenvalue weighted by Gasteiger charge is -2.37. The Bertz CT molecular complexity index is 339. The predicted molar refractivity (Wildman–Crippen MR) is 118 cm³/mol. The molecule has 2 fully saturated rings. The van der Waals surface area contributed by atoms with Crippen LogP contribution in [0.3, 0.4) is 0 Å². The van der Waals surface area contributed by atoms with E-state index in [0.717, 1.165) is 23.7 Å². The summed E-state index contributed by atoms with van der Waals surface area (Å²) in [6.07, 6.45) is 31.6. The molecule has 0 heterocycles. The molecule has 0 aromatic heterocycles. The van der Waals surface area contributed by atoms with Gasteiger partial charge in [-0.2, -0.15) is 0 Å². The number of hydrogen-bond acceptors (Lipinski definition) is 0. The highest BCUT2D eigenvalue weighted by atomic mass is 14.4. The summed E-state index contributed by atoms with van der Waals surface area (Å²) in [5, 5.41) is 0. The summed E-state index contributed by atoms with van der Waals surface area (Å²) in [6.45, 7) is 4.62. The summed E-state index contributed by atoms with van der Waals surface area (Å²) in [6, 6.07) is 0. The highest BCUT2D eigenvalue weighted by molar-refractivity contribution is 4.92. The van der Waals surface area contributed by atoms with Crippen LogP contribution in [0, 0.1) is 23.7 Å². The maximum absolute atomic E-state index is 2.57. The fourth-order valence-electron chi connectivity index (χ4n) is 5.59. The molecule has 2 aliphatic carbocycles. The fourth-order valence-corrected chi connectivity index (χ4v) is 5.59. The van der Waals surface area contributed by atoms with Crippen molar-refractivity contribution in [3.8, 4) is 0 Å². The van der Waals surface area contributed by atoms with E-state index in [1.807, 2.05) is 0 Å². The van der Waals surface area contributed by atoms with Crippen LogP contribution in [0.4, 0.5) is 0 Å². The molecular weight excluding hydrogens is 312 g/mol. The first-order valence-corrected chi connectivity index (χ1v) is 12.5. The molecule has 0 unspecified atom stereocenters. The monoisotopic (exact) mass is 360 g/mol. The molecule has 0 bridgehead atoms. The minimum Gasteiger partial charge on any atom is -0.0883 e. The van der Waals surface area contributed by atoms with E-state index in [2.05, 4.69) is 26.0 Å². The normalized spacial score (nSPS) is 30.1. The molecule has 0 radical (unpaired) electrons. The van der Waals surface area contributed by atoms with Crippen LogP contribution in [0.1, 0.15) is 129 Å². The topological polar surface area (TPSA) is 0 Å². The van der Waals surface area contributed by atoms with Crippen LogP contribution < -0.4 is 0 Å². The van der Waals surface area contributed by atoms with E-state index in [1.54, 1.807) is 25.7 Å². The summed E-state index contributed by atoms with van der Waals surface area (Å²) in [5.74, 6) is 4.15. The van der Waals surface area contributed by atoms with Crippen LogP contribution in [0.25, 0.3) is 0 Å². The lowest BCUT2D eigenvalue weighted by atomic mass is 9.68. The highest BCUT2D eigenvalue weighted by Gasteiger charge is 2.30. The third-order valence-electron chi connectivity index (χ3n) is 7.47. The van der Waals surface area contributed by atoms with Gasteiger partial charge in [0, 0.05) is 0 Å². The van der Waals surface area contributed by atoms with Crippen molar-refractivity contribution in [1.29, 1.82) is 0 Å². The quantitative estimate of drug-likeness (QED) is 0.240. The van der Waals surface area contributed by atoms with Gasteiger partial charge < -0.3 is 0 Å². The van der Waals surface area contributed by atoms with E-state index in [4.69, 9.17) is 0 Å². The second kappa shape index (κ2) is 13.8. The zero-order valence-electron chi connectivity index (χ0n) is 18.2. The van der Waals surface area contributed by atoms with Gasteiger partial charge in [0.2, 0.25) is 0 Å². The number of hydrogen-bond donors (Lipinski definition) is 0. The van der Waals surface area contributed by atoms with Gasteiger partial charge in [0.05, 0.1) is 0 Å². The molecular formula is C26H48. The van der Waals surface area contributed by atoms with E-state index in [9.17, 15) is 0 Å². The molecule has 0 nitrogen and oxygen atoms in total. The molecule has 0 saturated heterocycles. The minimum atomic E-state index is 0.910. The van der Waals surface area contributed by atoms with Gasteiger partial charge in [0.15, 0.2) is 0 Å². The van der Waals surface area contributed by atoms with Crippen LogP contribution in [0.2, 0.25) is 0 Å². The smallest absolute Gasteiger partial charge is 0.0233 e. The maximum atomic E-state index is 2.57. The lowest BCUT2D eigenvalue weighted by Crippen LogP contribution is -2.25. The number of unbranched alkanes of at least 4 members (excludes halogenated alkanes) is 7. The molecule has 2 rings (SSSR count). The van der Waals surface area contributed by atoms with Gasteiger partial charge in [0.25, 0.3) is 0 Å². The maximum Gasteiger partial charge on any atom is -0.0233 e. The second-order valence-corrected chi connectivity index (χ2v) is 9.58. The van der Waals surface area contributed by atoms with Crippen molar-refractivity contribution >= 4 is 0 Å². The van der Waals surface area contributed by atoms with Crippen molar-refractivity contribution in [2.24, 2.45) is 23.7 Å². The minimum absolute atomic E-state index is 0.910. The van der Waals surface area contributed by atoms with Crippen LogP contribution in [-0.2, 0) is 0 Å². The SMILES string of the molecule is CCCCC/C=C/C1CCC(C2CCC(CCCCCCC)CC2)CC1. The van der Waals surface area contributed by atoms with E-state index >= 15 is 0 Å². The zero-order valence-corrected chi connectivity index (χ0v) is 18.2.